The molecule has 4 rings (SSSR count). The molecular formula is C25H28Cl2FN3O3. The van der Waals surface area contributed by atoms with Gasteiger partial charge in [-0.25, -0.2) is 9.37 Å². The molecule has 1 spiro atoms. The molecule has 0 amide bonds. The highest BCUT2D eigenvalue weighted by molar-refractivity contribution is 6.31. The molecular weight excluding hydrogens is 480 g/mol. The van der Waals surface area contributed by atoms with Crippen LogP contribution in [0.1, 0.15) is 56.6 Å². The van der Waals surface area contributed by atoms with Crippen molar-refractivity contribution in [3.8, 4) is 0 Å². The molecule has 9 heteroatoms. The van der Waals surface area contributed by atoms with Gasteiger partial charge in [0.25, 0.3) is 0 Å². The van der Waals surface area contributed by atoms with Crippen molar-refractivity contribution < 1.29 is 19.1 Å². The Balaban J connectivity index is 2.08. The van der Waals surface area contributed by atoms with Crippen molar-refractivity contribution in [2.24, 2.45) is 5.41 Å². The maximum absolute atomic E-state index is 15.4. The molecule has 1 aliphatic heterocycles. The quantitative estimate of drug-likeness (QED) is 0.381. The SMILES string of the molecule is CNc1cc(Cl)ccc1[C@]1(C=O)C(c2ccnc(Cl)c2F)C(C(=O)O)NC12CCC(C)(C)CC2. The molecule has 0 bridgehead atoms. The Morgan fingerprint density at radius 2 is 1.91 bits per heavy atom. The van der Waals surface area contributed by atoms with Crippen LogP contribution >= 0.6 is 23.2 Å². The Morgan fingerprint density at radius 1 is 1.24 bits per heavy atom. The first-order chi connectivity index (χ1) is 16.0. The molecule has 3 N–H and O–H groups in total. The summed E-state index contributed by atoms with van der Waals surface area (Å²) in [5.41, 5.74) is -1.09. The maximum Gasteiger partial charge on any atom is 0.321 e. The number of aldehydes is 1. The van der Waals surface area contributed by atoms with Crippen LogP contribution in [-0.4, -0.2) is 41.0 Å². The summed E-state index contributed by atoms with van der Waals surface area (Å²) >= 11 is 12.3. The van der Waals surface area contributed by atoms with Crippen molar-refractivity contribution in [1.82, 2.24) is 10.3 Å². The number of nitrogens with one attached hydrogen (secondary N) is 2. The van der Waals surface area contributed by atoms with Gasteiger partial charge in [0, 0.05) is 35.4 Å². The molecule has 2 aromatic rings. The molecule has 1 saturated heterocycles. The van der Waals surface area contributed by atoms with Gasteiger partial charge in [-0.2, -0.15) is 0 Å². The summed E-state index contributed by atoms with van der Waals surface area (Å²) in [4.78, 5) is 29.8. The Hall–Kier alpha value is -2.22. The van der Waals surface area contributed by atoms with Gasteiger partial charge in [-0.05, 0) is 60.4 Å². The van der Waals surface area contributed by atoms with E-state index >= 15 is 4.39 Å². The van der Waals surface area contributed by atoms with Crippen LogP contribution in [0.25, 0.3) is 0 Å². The van der Waals surface area contributed by atoms with Gasteiger partial charge in [-0.1, -0.05) is 43.1 Å². The summed E-state index contributed by atoms with van der Waals surface area (Å²) < 4.78 is 15.4. The van der Waals surface area contributed by atoms with Crippen LogP contribution in [0.15, 0.2) is 30.5 Å². The van der Waals surface area contributed by atoms with Gasteiger partial charge in [0.2, 0.25) is 0 Å². The van der Waals surface area contributed by atoms with E-state index in [0.29, 0.717) is 29.1 Å². The van der Waals surface area contributed by atoms with Crippen molar-refractivity contribution >= 4 is 41.1 Å². The number of pyridine rings is 1. The number of hydrogen-bond acceptors (Lipinski definition) is 5. The second-order valence-corrected chi connectivity index (χ2v) is 10.9. The predicted molar refractivity (Wildman–Crippen MR) is 130 cm³/mol. The highest BCUT2D eigenvalue weighted by atomic mass is 35.5. The fraction of sp³-hybridized carbons (Fsp3) is 0.480. The topological polar surface area (TPSA) is 91.3 Å². The third-order valence-corrected chi connectivity index (χ3v) is 8.36. The fourth-order valence-corrected chi connectivity index (χ4v) is 6.37. The molecule has 2 aliphatic rings. The van der Waals surface area contributed by atoms with Crippen molar-refractivity contribution in [2.45, 2.75) is 62.4 Å². The lowest BCUT2D eigenvalue weighted by Crippen LogP contribution is -2.59. The molecule has 2 heterocycles. The minimum absolute atomic E-state index is 0.0371. The van der Waals surface area contributed by atoms with Crippen LogP contribution in [0.2, 0.25) is 10.2 Å². The number of anilines is 1. The van der Waals surface area contributed by atoms with E-state index in [2.05, 4.69) is 29.5 Å². The second kappa shape index (κ2) is 8.77. The first-order valence-electron chi connectivity index (χ1n) is 11.3. The zero-order chi connectivity index (χ0) is 24.9. The third kappa shape index (κ3) is 3.69. The van der Waals surface area contributed by atoms with Gasteiger partial charge in [0.1, 0.15) is 12.3 Å². The molecule has 2 fully saturated rings. The lowest BCUT2D eigenvalue weighted by molar-refractivity contribution is -0.139. The summed E-state index contributed by atoms with van der Waals surface area (Å²) in [6, 6.07) is 5.31. The normalized spacial score (nSPS) is 27.5. The van der Waals surface area contributed by atoms with E-state index in [1.54, 1.807) is 25.2 Å². The van der Waals surface area contributed by atoms with E-state index in [-0.39, 0.29) is 16.1 Å². The molecule has 182 valence electrons. The van der Waals surface area contributed by atoms with Crippen LogP contribution < -0.4 is 10.6 Å². The Kier molecular flexibility index (Phi) is 6.42. The van der Waals surface area contributed by atoms with Gasteiger partial charge >= 0.3 is 5.97 Å². The van der Waals surface area contributed by atoms with E-state index in [1.807, 2.05) is 0 Å². The fourth-order valence-electron chi connectivity index (χ4n) is 6.03. The first-order valence-corrected chi connectivity index (χ1v) is 12.0. The smallest absolute Gasteiger partial charge is 0.321 e. The number of aliphatic carboxylic acids is 1. The van der Waals surface area contributed by atoms with Crippen molar-refractivity contribution in [2.75, 3.05) is 12.4 Å². The number of rotatable bonds is 5. The number of benzene rings is 1. The maximum atomic E-state index is 15.4. The summed E-state index contributed by atoms with van der Waals surface area (Å²) in [5.74, 6) is -3.05. The minimum Gasteiger partial charge on any atom is -0.480 e. The van der Waals surface area contributed by atoms with Crippen molar-refractivity contribution in [3.63, 3.8) is 0 Å². The lowest BCUT2D eigenvalue weighted by atomic mass is 9.53. The van der Waals surface area contributed by atoms with Crippen molar-refractivity contribution in [1.29, 1.82) is 0 Å². The van der Waals surface area contributed by atoms with E-state index in [1.165, 1.54) is 12.3 Å². The lowest BCUT2D eigenvalue weighted by Gasteiger charge is -2.51. The van der Waals surface area contributed by atoms with Crippen LogP contribution in [0, 0.1) is 11.2 Å². The van der Waals surface area contributed by atoms with Gasteiger partial charge in [-0.15, -0.1) is 0 Å². The monoisotopic (exact) mass is 507 g/mol. The van der Waals surface area contributed by atoms with Gasteiger partial charge < -0.3 is 15.2 Å². The molecule has 6 nitrogen and oxygen atoms in total. The number of carboxylic acid groups (broad SMARTS) is 1. The second-order valence-electron chi connectivity index (χ2n) is 10.1. The highest BCUT2D eigenvalue weighted by Crippen LogP contribution is 2.60. The summed E-state index contributed by atoms with van der Waals surface area (Å²) in [7, 11) is 1.71. The predicted octanol–water partition coefficient (Wildman–Crippen LogP) is 5.19. The highest BCUT2D eigenvalue weighted by Gasteiger charge is 2.68. The molecule has 1 aromatic carbocycles. The zero-order valence-corrected chi connectivity index (χ0v) is 20.8. The Bertz CT molecular complexity index is 1130. The van der Waals surface area contributed by atoms with Crippen molar-refractivity contribution in [3.05, 3.63) is 57.6 Å². The first kappa shape index (κ1) is 24.9. The van der Waals surface area contributed by atoms with E-state index in [9.17, 15) is 14.7 Å². The third-order valence-electron chi connectivity index (χ3n) is 7.86. The van der Waals surface area contributed by atoms with Gasteiger partial charge in [-0.3, -0.25) is 10.1 Å². The largest absolute Gasteiger partial charge is 0.480 e. The molecule has 34 heavy (non-hydrogen) atoms. The zero-order valence-electron chi connectivity index (χ0n) is 19.3. The van der Waals surface area contributed by atoms with Crippen LogP contribution in [-0.2, 0) is 15.0 Å². The van der Waals surface area contributed by atoms with Gasteiger partial charge in [0.15, 0.2) is 11.0 Å². The standard InChI is InChI=1S/C25H28Cl2FN3O3/c1-23(2)7-9-24(10-8-23)25(13-32,16-5-4-14(26)12-17(16)29-3)18(20(31-24)22(33)34)15-6-11-30-21(27)19(15)28/h4-6,11-13,18,20,29,31H,7-10H2,1-3H3,(H,33,34)/t18?,20?,25-/m1/s1. The Labute approximate surface area is 208 Å². The molecule has 1 aromatic heterocycles. The van der Waals surface area contributed by atoms with E-state index in [4.69, 9.17) is 23.2 Å². The van der Waals surface area contributed by atoms with E-state index in [0.717, 1.165) is 19.1 Å². The molecule has 0 radical (unpaired) electrons. The average Bonchev–Trinajstić information content (AvgIpc) is 3.09. The van der Waals surface area contributed by atoms with Crippen LogP contribution in [0.4, 0.5) is 10.1 Å². The average molecular weight is 508 g/mol. The number of carbonyl (C=O) groups excluding carboxylic acids is 1. The Morgan fingerprint density at radius 3 is 2.50 bits per heavy atom. The summed E-state index contributed by atoms with van der Waals surface area (Å²) in [6.07, 6.45) is 4.79. The molecule has 1 aliphatic carbocycles. The number of aromatic nitrogens is 1. The minimum atomic E-state index is -1.42. The summed E-state index contributed by atoms with van der Waals surface area (Å²) in [6.45, 7) is 4.32. The van der Waals surface area contributed by atoms with Crippen LogP contribution in [0.3, 0.4) is 0 Å². The molecule has 1 saturated carbocycles. The number of halogens is 3. The number of carboxylic acids is 1. The summed E-state index contributed by atoms with van der Waals surface area (Å²) in [5, 5.41) is 16.8. The van der Waals surface area contributed by atoms with E-state index < -0.39 is 34.7 Å². The number of nitrogens with zero attached hydrogens (tertiary/aromatic N) is 1. The van der Waals surface area contributed by atoms with Gasteiger partial charge in [0.05, 0.1) is 5.41 Å². The molecule has 3 atom stereocenters. The number of carbonyl (C=O) groups is 2. The number of hydrogen-bond donors (Lipinski definition) is 3. The van der Waals surface area contributed by atoms with Crippen LogP contribution in [0.5, 0.6) is 0 Å². The molecule has 2 unspecified atom stereocenters.